The van der Waals surface area contributed by atoms with Crippen molar-refractivity contribution in [3.63, 3.8) is 0 Å². The van der Waals surface area contributed by atoms with Gasteiger partial charge in [-0.15, -0.1) is 0 Å². The molecule has 0 aliphatic carbocycles. The first-order valence-electron chi connectivity index (χ1n) is 6.96. The molecule has 0 amide bonds. The van der Waals surface area contributed by atoms with E-state index in [2.05, 4.69) is 24.1 Å². The molecule has 1 saturated heterocycles. The highest BCUT2D eigenvalue weighted by atomic mass is 16.2. The summed E-state index contributed by atoms with van der Waals surface area (Å²) in [5.41, 5.74) is 2.04. The molecular weight excluding hydrogens is 248 g/mol. The molecule has 2 aromatic carbocycles. The summed E-state index contributed by atoms with van der Waals surface area (Å²) in [6.07, 6.45) is 0. The minimum atomic E-state index is 0.124. The zero-order valence-electron chi connectivity index (χ0n) is 11.4. The Morgan fingerprint density at radius 2 is 1.45 bits per heavy atom. The Bertz CT molecular complexity index is 759. The Morgan fingerprint density at radius 1 is 0.950 bits per heavy atom. The van der Waals surface area contributed by atoms with Crippen LogP contribution in [0.5, 0.6) is 0 Å². The summed E-state index contributed by atoms with van der Waals surface area (Å²) in [7, 11) is 2.05. The van der Waals surface area contributed by atoms with Crippen molar-refractivity contribution >= 4 is 27.7 Å². The second kappa shape index (κ2) is 4.18. The van der Waals surface area contributed by atoms with Crippen molar-refractivity contribution in [2.45, 2.75) is 0 Å². The molecule has 0 bridgehead atoms. The molecule has 3 nitrogen and oxygen atoms in total. The Hall–Kier alpha value is -2.13. The SMILES string of the molecule is CN1CC(C(=O)n2c3ccccc3c3ccccc32)C1. The first-order valence-corrected chi connectivity index (χ1v) is 6.96. The highest BCUT2D eigenvalue weighted by Crippen LogP contribution is 2.30. The fourth-order valence-corrected chi connectivity index (χ4v) is 3.20. The van der Waals surface area contributed by atoms with E-state index in [4.69, 9.17) is 0 Å². The van der Waals surface area contributed by atoms with Crippen molar-refractivity contribution in [2.24, 2.45) is 5.92 Å². The summed E-state index contributed by atoms with van der Waals surface area (Å²) in [6, 6.07) is 16.3. The largest absolute Gasteiger partial charge is 0.305 e. The lowest BCUT2D eigenvalue weighted by Crippen LogP contribution is -2.49. The maximum Gasteiger partial charge on any atom is 0.237 e. The van der Waals surface area contributed by atoms with Crippen LogP contribution in [0.2, 0.25) is 0 Å². The molecule has 0 saturated carbocycles. The number of carbonyl (C=O) groups excluding carboxylic acids is 1. The number of aromatic nitrogens is 1. The molecule has 1 aromatic heterocycles. The second-order valence-electron chi connectivity index (χ2n) is 5.63. The Balaban J connectivity index is 1.98. The van der Waals surface area contributed by atoms with Crippen LogP contribution in [0.15, 0.2) is 48.5 Å². The van der Waals surface area contributed by atoms with Gasteiger partial charge in [-0.25, -0.2) is 0 Å². The predicted octanol–water partition coefficient (Wildman–Crippen LogP) is 3.00. The molecular formula is C17H16N2O. The molecule has 2 heterocycles. The van der Waals surface area contributed by atoms with Gasteiger partial charge in [0.25, 0.3) is 0 Å². The monoisotopic (exact) mass is 264 g/mol. The number of hydrogen-bond acceptors (Lipinski definition) is 2. The average Bonchev–Trinajstić information content (AvgIpc) is 2.78. The number of rotatable bonds is 1. The molecule has 0 N–H and O–H groups in total. The molecule has 1 fully saturated rings. The summed E-state index contributed by atoms with van der Waals surface area (Å²) in [5, 5.41) is 2.31. The van der Waals surface area contributed by atoms with Crippen molar-refractivity contribution in [2.75, 3.05) is 20.1 Å². The highest BCUT2D eigenvalue weighted by molar-refractivity contribution is 6.13. The predicted molar refractivity (Wildman–Crippen MR) is 81.1 cm³/mol. The van der Waals surface area contributed by atoms with Crippen LogP contribution < -0.4 is 0 Å². The van der Waals surface area contributed by atoms with Crippen LogP contribution >= 0.6 is 0 Å². The van der Waals surface area contributed by atoms with Crippen molar-refractivity contribution in [3.8, 4) is 0 Å². The first kappa shape index (κ1) is 11.7. The maximum atomic E-state index is 12.8. The van der Waals surface area contributed by atoms with E-state index in [0.29, 0.717) is 0 Å². The zero-order chi connectivity index (χ0) is 13.7. The molecule has 3 aromatic rings. The quantitative estimate of drug-likeness (QED) is 0.675. The molecule has 4 rings (SSSR count). The summed E-state index contributed by atoms with van der Waals surface area (Å²) in [5.74, 6) is 0.347. The van der Waals surface area contributed by atoms with E-state index in [1.807, 2.05) is 41.0 Å². The number of benzene rings is 2. The van der Waals surface area contributed by atoms with Crippen LogP contribution in [0.3, 0.4) is 0 Å². The van der Waals surface area contributed by atoms with Gasteiger partial charge in [-0.1, -0.05) is 36.4 Å². The van der Waals surface area contributed by atoms with E-state index in [1.54, 1.807) is 0 Å². The lowest BCUT2D eigenvalue weighted by Gasteiger charge is -2.35. The third kappa shape index (κ3) is 1.53. The van der Waals surface area contributed by atoms with Gasteiger partial charge < -0.3 is 4.90 Å². The lowest BCUT2D eigenvalue weighted by molar-refractivity contribution is 0.0623. The average molecular weight is 264 g/mol. The Kier molecular flexibility index (Phi) is 2.44. The van der Waals surface area contributed by atoms with E-state index in [1.165, 1.54) is 0 Å². The van der Waals surface area contributed by atoms with E-state index >= 15 is 0 Å². The van der Waals surface area contributed by atoms with E-state index in [9.17, 15) is 4.79 Å². The fraction of sp³-hybridized carbons (Fsp3) is 0.235. The van der Waals surface area contributed by atoms with E-state index in [-0.39, 0.29) is 11.8 Å². The minimum absolute atomic E-state index is 0.124. The molecule has 1 aliphatic heterocycles. The number of hydrogen-bond donors (Lipinski definition) is 0. The second-order valence-corrected chi connectivity index (χ2v) is 5.63. The smallest absolute Gasteiger partial charge is 0.237 e. The summed E-state index contributed by atoms with van der Waals surface area (Å²) in [4.78, 5) is 15.0. The maximum absolute atomic E-state index is 12.8. The zero-order valence-corrected chi connectivity index (χ0v) is 11.4. The number of likely N-dealkylation sites (tertiary alicyclic amines) is 1. The molecule has 20 heavy (non-hydrogen) atoms. The normalized spacial score (nSPS) is 16.6. The molecule has 0 unspecified atom stereocenters. The van der Waals surface area contributed by atoms with Crippen molar-refractivity contribution < 1.29 is 4.79 Å². The Morgan fingerprint density at radius 3 is 1.95 bits per heavy atom. The number of carbonyl (C=O) groups is 1. The van der Waals surface area contributed by atoms with Crippen LogP contribution in [-0.4, -0.2) is 35.5 Å². The molecule has 0 atom stereocenters. The van der Waals surface area contributed by atoms with Crippen LogP contribution in [-0.2, 0) is 0 Å². The van der Waals surface area contributed by atoms with Crippen LogP contribution in [0.25, 0.3) is 21.8 Å². The molecule has 0 radical (unpaired) electrons. The molecule has 0 spiro atoms. The summed E-state index contributed by atoms with van der Waals surface area (Å²) < 4.78 is 1.91. The third-order valence-corrected chi connectivity index (χ3v) is 4.21. The van der Waals surface area contributed by atoms with Gasteiger partial charge in [0.15, 0.2) is 0 Å². The number of para-hydroxylation sites is 2. The molecule has 1 aliphatic rings. The van der Waals surface area contributed by atoms with Gasteiger partial charge in [-0.3, -0.25) is 9.36 Å². The highest BCUT2D eigenvalue weighted by Gasteiger charge is 2.32. The van der Waals surface area contributed by atoms with Gasteiger partial charge in [0, 0.05) is 23.9 Å². The minimum Gasteiger partial charge on any atom is -0.305 e. The third-order valence-electron chi connectivity index (χ3n) is 4.21. The van der Waals surface area contributed by atoms with Crippen LogP contribution in [0.4, 0.5) is 0 Å². The van der Waals surface area contributed by atoms with Crippen molar-refractivity contribution in [3.05, 3.63) is 48.5 Å². The first-order chi connectivity index (χ1) is 9.75. The number of nitrogens with zero attached hydrogens (tertiary/aromatic N) is 2. The standard InChI is InChI=1S/C17H16N2O/c1-18-10-12(11-18)17(20)19-15-8-4-2-6-13(15)14-7-3-5-9-16(14)19/h2-9,12H,10-11H2,1H3. The summed E-state index contributed by atoms with van der Waals surface area (Å²) >= 11 is 0. The van der Waals surface area contributed by atoms with Gasteiger partial charge in [0.05, 0.1) is 17.0 Å². The van der Waals surface area contributed by atoms with Gasteiger partial charge in [0.1, 0.15) is 0 Å². The van der Waals surface area contributed by atoms with Gasteiger partial charge >= 0.3 is 0 Å². The van der Waals surface area contributed by atoms with E-state index < -0.39 is 0 Å². The van der Waals surface area contributed by atoms with Gasteiger partial charge in [-0.2, -0.15) is 0 Å². The van der Waals surface area contributed by atoms with Gasteiger partial charge in [0.2, 0.25) is 5.91 Å². The fourth-order valence-electron chi connectivity index (χ4n) is 3.20. The summed E-state index contributed by atoms with van der Waals surface area (Å²) in [6.45, 7) is 1.72. The number of fused-ring (bicyclic) bond motifs is 3. The molecule has 3 heteroatoms. The molecule has 100 valence electrons. The van der Waals surface area contributed by atoms with Gasteiger partial charge in [-0.05, 0) is 19.2 Å². The topological polar surface area (TPSA) is 25.2 Å². The van der Waals surface area contributed by atoms with Crippen LogP contribution in [0.1, 0.15) is 4.79 Å². The van der Waals surface area contributed by atoms with Crippen molar-refractivity contribution in [1.82, 2.24) is 9.47 Å². The van der Waals surface area contributed by atoms with Crippen molar-refractivity contribution in [1.29, 1.82) is 0 Å². The van der Waals surface area contributed by atoms with E-state index in [0.717, 1.165) is 34.9 Å². The Labute approximate surface area is 117 Å². The van der Waals surface area contributed by atoms with Crippen LogP contribution in [0, 0.1) is 5.92 Å². The lowest BCUT2D eigenvalue weighted by atomic mass is 10.00.